The second-order valence-electron chi connectivity index (χ2n) is 6.96. The van der Waals surface area contributed by atoms with Gasteiger partial charge in [0.2, 0.25) is 0 Å². The first-order chi connectivity index (χ1) is 9.76. The molecule has 4 atom stereocenters. The van der Waals surface area contributed by atoms with E-state index >= 15 is 0 Å². The Balaban J connectivity index is 1.61. The van der Waals surface area contributed by atoms with Gasteiger partial charge in [0.05, 0.1) is 5.69 Å². The zero-order valence-electron chi connectivity index (χ0n) is 13.0. The zero-order chi connectivity index (χ0) is 13.9. The van der Waals surface area contributed by atoms with Crippen molar-refractivity contribution >= 4 is 0 Å². The smallest absolute Gasteiger partial charge is 0.0640 e. The molecule has 112 valence electrons. The van der Waals surface area contributed by atoms with Gasteiger partial charge in [-0.25, -0.2) is 0 Å². The summed E-state index contributed by atoms with van der Waals surface area (Å²) in [5.74, 6) is 2.91. The van der Waals surface area contributed by atoms with Crippen molar-refractivity contribution < 1.29 is 0 Å². The van der Waals surface area contributed by atoms with Crippen LogP contribution in [0.5, 0.6) is 0 Å². The number of hydrogen-bond donors (Lipinski definition) is 1. The highest BCUT2D eigenvalue weighted by molar-refractivity contribution is 5.03. The average molecular weight is 275 g/mol. The number of aryl methyl sites for hydroxylation is 1. The highest BCUT2D eigenvalue weighted by Crippen LogP contribution is 2.43. The fourth-order valence-electron chi connectivity index (χ4n) is 4.58. The molecule has 0 saturated heterocycles. The lowest BCUT2D eigenvalue weighted by Crippen LogP contribution is -2.40. The lowest BCUT2D eigenvalue weighted by Gasteiger charge is -2.42. The fourth-order valence-corrected chi connectivity index (χ4v) is 4.58. The molecule has 0 aliphatic heterocycles. The van der Waals surface area contributed by atoms with Crippen LogP contribution in [0.1, 0.15) is 50.6 Å². The van der Waals surface area contributed by atoms with E-state index in [2.05, 4.69) is 29.7 Å². The quantitative estimate of drug-likeness (QED) is 0.915. The Kier molecular flexibility index (Phi) is 4.45. The molecule has 2 fully saturated rings. The third-order valence-electron chi connectivity index (χ3n) is 5.72. The van der Waals surface area contributed by atoms with Gasteiger partial charge in [-0.3, -0.25) is 4.68 Å². The molecule has 2 saturated carbocycles. The van der Waals surface area contributed by atoms with Crippen molar-refractivity contribution in [2.75, 3.05) is 7.05 Å². The summed E-state index contributed by atoms with van der Waals surface area (Å²) in [5, 5.41) is 8.13. The van der Waals surface area contributed by atoms with Gasteiger partial charge in [-0.15, -0.1) is 0 Å². The van der Waals surface area contributed by atoms with Crippen LogP contribution in [0.15, 0.2) is 12.3 Å². The van der Waals surface area contributed by atoms with Crippen LogP contribution in [0.3, 0.4) is 0 Å². The van der Waals surface area contributed by atoms with Gasteiger partial charge in [-0.1, -0.05) is 25.7 Å². The molecular formula is C17H29N3. The maximum atomic E-state index is 4.55. The summed E-state index contributed by atoms with van der Waals surface area (Å²) in [6.45, 7) is 0. The summed E-state index contributed by atoms with van der Waals surface area (Å²) >= 11 is 0. The van der Waals surface area contributed by atoms with E-state index in [0.717, 1.165) is 24.2 Å². The third kappa shape index (κ3) is 3.08. The van der Waals surface area contributed by atoms with E-state index in [1.54, 1.807) is 0 Å². The summed E-state index contributed by atoms with van der Waals surface area (Å²) < 4.78 is 1.92. The van der Waals surface area contributed by atoms with E-state index in [-0.39, 0.29) is 0 Å². The Morgan fingerprint density at radius 1 is 1.25 bits per heavy atom. The van der Waals surface area contributed by atoms with Crippen LogP contribution in [0, 0.1) is 17.8 Å². The molecule has 20 heavy (non-hydrogen) atoms. The second-order valence-corrected chi connectivity index (χ2v) is 6.96. The molecule has 3 nitrogen and oxygen atoms in total. The monoisotopic (exact) mass is 275 g/mol. The Bertz CT molecular complexity index is 426. The van der Waals surface area contributed by atoms with Crippen LogP contribution < -0.4 is 5.32 Å². The van der Waals surface area contributed by atoms with E-state index in [1.165, 1.54) is 50.6 Å². The lowest BCUT2D eigenvalue weighted by molar-refractivity contribution is 0.111. The summed E-state index contributed by atoms with van der Waals surface area (Å²) in [5.41, 5.74) is 1.23. The fraction of sp³-hybridized carbons (Fsp3) is 0.824. The molecule has 0 aromatic carbocycles. The number of likely N-dealkylation sites (N-methyl/N-ethyl adjacent to an activating group) is 1. The molecule has 0 spiro atoms. The lowest BCUT2D eigenvalue weighted by atomic mass is 9.66. The van der Waals surface area contributed by atoms with Crippen LogP contribution in [-0.4, -0.2) is 22.9 Å². The number of hydrogen-bond acceptors (Lipinski definition) is 2. The van der Waals surface area contributed by atoms with Gasteiger partial charge < -0.3 is 5.32 Å². The minimum Gasteiger partial charge on any atom is -0.316 e. The first-order valence-electron chi connectivity index (χ1n) is 8.42. The van der Waals surface area contributed by atoms with Crippen molar-refractivity contribution in [2.24, 2.45) is 24.8 Å². The van der Waals surface area contributed by atoms with E-state index in [4.69, 9.17) is 0 Å². The first-order valence-corrected chi connectivity index (χ1v) is 8.42. The molecule has 0 amide bonds. The van der Waals surface area contributed by atoms with Crippen molar-refractivity contribution in [2.45, 2.75) is 57.4 Å². The zero-order valence-corrected chi connectivity index (χ0v) is 13.0. The van der Waals surface area contributed by atoms with Crippen LogP contribution >= 0.6 is 0 Å². The van der Waals surface area contributed by atoms with E-state index in [9.17, 15) is 0 Å². The molecule has 3 rings (SSSR count). The predicted molar refractivity (Wildman–Crippen MR) is 82.5 cm³/mol. The molecule has 1 heterocycles. The maximum absolute atomic E-state index is 4.55. The first kappa shape index (κ1) is 14.1. The summed E-state index contributed by atoms with van der Waals surface area (Å²) in [4.78, 5) is 0. The molecule has 4 unspecified atom stereocenters. The number of nitrogens with zero attached hydrogens (tertiary/aromatic N) is 2. The number of nitrogens with one attached hydrogen (secondary N) is 1. The maximum Gasteiger partial charge on any atom is 0.0640 e. The summed E-state index contributed by atoms with van der Waals surface area (Å²) in [6.07, 6.45) is 13.4. The molecular weight excluding hydrogens is 246 g/mol. The minimum atomic E-state index is 0.604. The van der Waals surface area contributed by atoms with Gasteiger partial charge in [0.1, 0.15) is 0 Å². The Hall–Kier alpha value is -0.830. The van der Waals surface area contributed by atoms with Crippen molar-refractivity contribution in [3.8, 4) is 0 Å². The Labute approximate surface area is 123 Å². The molecule has 3 heteroatoms. The van der Waals surface area contributed by atoms with Gasteiger partial charge in [-0.2, -0.15) is 5.10 Å². The van der Waals surface area contributed by atoms with Crippen molar-refractivity contribution in [1.29, 1.82) is 0 Å². The topological polar surface area (TPSA) is 29.9 Å². The molecule has 0 radical (unpaired) electrons. The molecule has 1 N–H and O–H groups in total. The Morgan fingerprint density at radius 3 is 2.75 bits per heavy atom. The van der Waals surface area contributed by atoms with Gasteiger partial charge in [-0.05, 0) is 50.1 Å². The highest BCUT2D eigenvalue weighted by Gasteiger charge is 2.35. The Morgan fingerprint density at radius 2 is 2.05 bits per heavy atom. The van der Waals surface area contributed by atoms with E-state index in [1.807, 2.05) is 11.7 Å². The van der Waals surface area contributed by atoms with Crippen LogP contribution in [0.4, 0.5) is 0 Å². The number of rotatable bonds is 4. The minimum absolute atomic E-state index is 0.604. The molecule has 2 aliphatic rings. The standard InChI is InChI=1S/C17H29N3/c1-18-17(12-16-9-10-20(2)19-16)15-8-7-13-5-3-4-6-14(13)11-15/h9-10,13-15,17-18H,3-8,11-12H2,1-2H3. The van der Waals surface area contributed by atoms with Crippen LogP contribution in [0.2, 0.25) is 0 Å². The summed E-state index contributed by atoms with van der Waals surface area (Å²) in [7, 11) is 4.13. The van der Waals surface area contributed by atoms with Gasteiger partial charge in [0.25, 0.3) is 0 Å². The number of aromatic nitrogens is 2. The van der Waals surface area contributed by atoms with E-state index in [0.29, 0.717) is 6.04 Å². The van der Waals surface area contributed by atoms with Crippen LogP contribution in [0.25, 0.3) is 0 Å². The van der Waals surface area contributed by atoms with Crippen molar-refractivity contribution in [1.82, 2.24) is 15.1 Å². The van der Waals surface area contributed by atoms with Gasteiger partial charge in [0, 0.05) is 25.7 Å². The van der Waals surface area contributed by atoms with E-state index < -0.39 is 0 Å². The highest BCUT2D eigenvalue weighted by atomic mass is 15.2. The van der Waals surface area contributed by atoms with Crippen LogP contribution in [-0.2, 0) is 13.5 Å². The number of fused-ring (bicyclic) bond motifs is 1. The molecule has 2 aliphatic carbocycles. The third-order valence-corrected chi connectivity index (χ3v) is 5.72. The SMILES string of the molecule is CNC(Cc1ccn(C)n1)C1CCC2CCCCC2C1. The largest absolute Gasteiger partial charge is 0.316 e. The van der Waals surface area contributed by atoms with Crippen molar-refractivity contribution in [3.63, 3.8) is 0 Å². The molecule has 0 bridgehead atoms. The normalized spacial score (nSPS) is 31.8. The predicted octanol–water partition coefficient (Wildman–Crippen LogP) is 3.16. The average Bonchev–Trinajstić information content (AvgIpc) is 2.89. The molecule has 1 aromatic heterocycles. The van der Waals surface area contributed by atoms with Crippen molar-refractivity contribution in [3.05, 3.63) is 18.0 Å². The summed E-state index contributed by atoms with van der Waals surface area (Å²) in [6, 6.07) is 2.77. The van der Waals surface area contributed by atoms with Gasteiger partial charge in [0.15, 0.2) is 0 Å². The molecule has 1 aromatic rings. The van der Waals surface area contributed by atoms with Gasteiger partial charge >= 0.3 is 0 Å². The second kappa shape index (κ2) is 6.30.